The number of hydrogen-bond donors (Lipinski definition) is 3. The molecule has 2 rings (SSSR count). The molecule has 0 aliphatic heterocycles. The summed E-state index contributed by atoms with van der Waals surface area (Å²) < 4.78 is 0. The number of hydrogen-bond acceptors (Lipinski definition) is 3. The minimum absolute atomic E-state index is 0.00905. The van der Waals surface area contributed by atoms with Crippen molar-refractivity contribution in [1.82, 2.24) is 10.6 Å². The van der Waals surface area contributed by atoms with Crippen LogP contribution in [0.5, 0.6) is 0 Å². The van der Waals surface area contributed by atoms with Gasteiger partial charge in [-0.1, -0.05) is 20.8 Å². The molecule has 0 saturated heterocycles. The van der Waals surface area contributed by atoms with Crippen LogP contribution >= 0.6 is 0 Å². The quantitative estimate of drug-likeness (QED) is 0.719. The molecule has 26 heavy (non-hydrogen) atoms. The highest BCUT2D eigenvalue weighted by molar-refractivity contribution is 5.79. The molecule has 0 heterocycles. The smallest absolute Gasteiger partial charge is 0.223 e. The van der Waals surface area contributed by atoms with Gasteiger partial charge in [0.1, 0.15) is 0 Å². The average Bonchev–Trinajstić information content (AvgIpc) is 2.48. The fraction of sp³-hybridized carbons (Fsp3) is 0.905. The Bertz CT molecular complexity index is 542. The van der Waals surface area contributed by atoms with E-state index in [1.165, 1.54) is 0 Å². The topological polar surface area (TPSA) is 78.4 Å². The van der Waals surface area contributed by atoms with Crippen LogP contribution in [0.1, 0.15) is 74.1 Å². The number of rotatable bonds is 3. The molecule has 0 aromatic heterocycles. The molecule has 2 saturated carbocycles. The maximum Gasteiger partial charge on any atom is 0.223 e. The summed E-state index contributed by atoms with van der Waals surface area (Å²) >= 11 is 0. The van der Waals surface area contributed by atoms with Crippen molar-refractivity contribution in [3.8, 4) is 0 Å². The van der Waals surface area contributed by atoms with E-state index in [2.05, 4.69) is 24.5 Å². The van der Waals surface area contributed by atoms with Gasteiger partial charge in [0.05, 0.1) is 6.10 Å². The van der Waals surface area contributed by atoms with Crippen LogP contribution in [0.4, 0.5) is 0 Å². The van der Waals surface area contributed by atoms with Crippen LogP contribution in [-0.4, -0.2) is 34.6 Å². The third-order valence-corrected chi connectivity index (χ3v) is 6.83. The molecule has 1 unspecified atom stereocenters. The Morgan fingerprint density at radius 2 is 1.77 bits per heavy atom. The Labute approximate surface area is 158 Å². The standard InChI is InChI=1S/C21H38N2O3/c1-12(19(26)23-20(4,5)6)15-8-10-21(7)11-9-16(22-14(3)24)13(2)17(21)18(15)25/h12-13,15-18,25H,8-11H2,1-7H3,(H,22,24)(H,23,26)/t12-,13+,15?,16-,17+,18-,21-/m0/s1. The summed E-state index contributed by atoms with van der Waals surface area (Å²) in [6, 6.07) is 0.109. The lowest BCUT2D eigenvalue weighted by Crippen LogP contribution is -2.58. The predicted octanol–water partition coefficient (Wildman–Crippen LogP) is 2.87. The first kappa shape index (κ1) is 21.2. The van der Waals surface area contributed by atoms with E-state index < -0.39 is 6.10 Å². The van der Waals surface area contributed by atoms with Crippen LogP contribution in [0.2, 0.25) is 0 Å². The molecule has 2 fully saturated rings. The summed E-state index contributed by atoms with van der Waals surface area (Å²) in [5.74, 6) is 0.0680. The van der Waals surface area contributed by atoms with Crippen LogP contribution in [0, 0.1) is 29.1 Å². The highest BCUT2D eigenvalue weighted by Crippen LogP contribution is 2.55. The number of aliphatic hydroxyl groups excluding tert-OH is 1. The van der Waals surface area contributed by atoms with E-state index in [4.69, 9.17) is 0 Å². The second-order valence-corrected chi connectivity index (χ2v) is 10.1. The molecule has 3 N–H and O–H groups in total. The van der Waals surface area contributed by atoms with Crippen molar-refractivity contribution in [3.63, 3.8) is 0 Å². The van der Waals surface area contributed by atoms with Gasteiger partial charge in [0.15, 0.2) is 0 Å². The van der Waals surface area contributed by atoms with Gasteiger partial charge < -0.3 is 15.7 Å². The zero-order valence-electron chi connectivity index (χ0n) is 17.6. The van der Waals surface area contributed by atoms with Gasteiger partial charge >= 0.3 is 0 Å². The number of carbonyl (C=O) groups excluding carboxylic acids is 2. The number of amides is 2. The summed E-state index contributed by atoms with van der Waals surface area (Å²) in [5.41, 5.74) is -0.182. The summed E-state index contributed by atoms with van der Waals surface area (Å²) in [4.78, 5) is 24.2. The lowest BCUT2D eigenvalue weighted by Gasteiger charge is -2.56. The first-order valence-electron chi connectivity index (χ1n) is 10.1. The van der Waals surface area contributed by atoms with Crippen molar-refractivity contribution in [3.05, 3.63) is 0 Å². The van der Waals surface area contributed by atoms with Gasteiger partial charge in [-0.15, -0.1) is 0 Å². The number of aliphatic hydroxyl groups is 1. The Morgan fingerprint density at radius 3 is 2.31 bits per heavy atom. The minimum Gasteiger partial charge on any atom is -0.392 e. The number of nitrogens with one attached hydrogen (secondary N) is 2. The van der Waals surface area contributed by atoms with Crippen molar-refractivity contribution < 1.29 is 14.7 Å². The maximum absolute atomic E-state index is 12.7. The number of fused-ring (bicyclic) bond motifs is 1. The largest absolute Gasteiger partial charge is 0.392 e. The summed E-state index contributed by atoms with van der Waals surface area (Å²) in [6.45, 7) is 13.9. The van der Waals surface area contributed by atoms with Crippen molar-refractivity contribution in [2.24, 2.45) is 29.1 Å². The van der Waals surface area contributed by atoms with Crippen LogP contribution in [-0.2, 0) is 9.59 Å². The molecular weight excluding hydrogens is 328 g/mol. The van der Waals surface area contributed by atoms with E-state index in [9.17, 15) is 14.7 Å². The van der Waals surface area contributed by atoms with Crippen molar-refractivity contribution >= 4 is 11.8 Å². The second kappa shape index (κ2) is 7.49. The molecule has 5 nitrogen and oxygen atoms in total. The summed E-state index contributed by atoms with van der Waals surface area (Å²) in [7, 11) is 0. The first-order valence-corrected chi connectivity index (χ1v) is 10.1. The molecule has 7 atom stereocenters. The fourth-order valence-corrected chi connectivity index (χ4v) is 5.44. The van der Waals surface area contributed by atoms with Crippen molar-refractivity contribution in [1.29, 1.82) is 0 Å². The van der Waals surface area contributed by atoms with Gasteiger partial charge in [-0.3, -0.25) is 9.59 Å². The molecule has 0 bridgehead atoms. The van der Waals surface area contributed by atoms with Crippen LogP contribution < -0.4 is 10.6 Å². The van der Waals surface area contributed by atoms with Gasteiger partial charge in [-0.05, 0) is 69.6 Å². The Kier molecular flexibility index (Phi) is 6.11. The molecule has 2 aliphatic rings. The molecule has 0 spiro atoms. The third kappa shape index (κ3) is 4.41. The average molecular weight is 367 g/mol. The van der Waals surface area contributed by atoms with Gasteiger partial charge in [-0.25, -0.2) is 0 Å². The van der Waals surface area contributed by atoms with Crippen LogP contribution in [0.3, 0.4) is 0 Å². The maximum atomic E-state index is 12.7. The Balaban J connectivity index is 2.17. The highest BCUT2D eigenvalue weighted by Gasteiger charge is 2.53. The van der Waals surface area contributed by atoms with E-state index >= 15 is 0 Å². The molecular formula is C21H38N2O3. The number of carbonyl (C=O) groups is 2. The summed E-state index contributed by atoms with van der Waals surface area (Å²) in [5, 5.41) is 17.4. The normalized spacial score (nSPS) is 38.8. The second-order valence-electron chi connectivity index (χ2n) is 10.1. The fourth-order valence-electron chi connectivity index (χ4n) is 5.44. The zero-order valence-corrected chi connectivity index (χ0v) is 17.6. The third-order valence-electron chi connectivity index (χ3n) is 6.83. The minimum atomic E-state index is -0.513. The lowest BCUT2D eigenvalue weighted by atomic mass is 9.51. The molecule has 5 heteroatoms. The monoisotopic (exact) mass is 366 g/mol. The van der Waals surface area contributed by atoms with E-state index in [1.807, 2.05) is 27.7 Å². The van der Waals surface area contributed by atoms with Gasteiger partial charge in [0, 0.05) is 24.4 Å². The van der Waals surface area contributed by atoms with E-state index in [1.54, 1.807) is 6.92 Å². The van der Waals surface area contributed by atoms with Crippen molar-refractivity contribution in [2.75, 3.05) is 0 Å². The van der Waals surface area contributed by atoms with Gasteiger partial charge in [0.2, 0.25) is 11.8 Å². The molecule has 2 amide bonds. The van der Waals surface area contributed by atoms with E-state index in [-0.39, 0.29) is 52.5 Å². The predicted molar refractivity (Wildman–Crippen MR) is 103 cm³/mol. The molecule has 150 valence electrons. The summed E-state index contributed by atoms with van der Waals surface area (Å²) in [6.07, 6.45) is 3.37. The van der Waals surface area contributed by atoms with E-state index in [0.717, 1.165) is 25.7 Å². The van der Waals surface area contributed by atoms with Gasteiger partial charge in [-0.2, -0.15) is 0 Å². The SMILES string of the molecule is CC(=O)N[C@H]1CC[C@]2(C)CCC([C@H](C)C(=O)NC(C)(C)C)[C@H](O)[C@H]2[C@@H]1C. The highest BCUT2D eigenvalue weighted by atomic mass is 16.3. The Morgan fingerprint density at radius 1 is 1.19 bits per heavy atom. The molecule has 0 aromatic rings. The first-order chi connectivity index (χ1) is 11.9. The van der Waals surface area contributed by atoms with E-state index in [0.29, 0.717) is 0 Å². The van der Waals surface area contributed by atoms with Crippen molar-refractivity contribution in [2.45, 2.75) is 91.8 Å². The van der Waals surface area contributed by atoms with Crippen LogP contribution in [0.15, 0.2) is 0 Å². The molecule has 2 aliphatic carbocycles. The molecule has 0 radical (unpaired) electrons. The zero-order chi connectivity index (χ0) is 19.9. The van der Waals surface area contributed by atoms with Crippen LogP contribution in [0.25, 0.3) is 0 Å². The Hall–Kier alpha value is -1.10. The molecule has 0 aromatic carbocycles. The lowest BCUT2D eigenvalue weighted by molar-refractivity contribution is -0.144. The van der Waals surface area contributed by atoms with Gasteiger partial charge in [0.25, 0.3) is 0 Å².